The van der Waals surface area contributed by atoms with E-state index >= 15 is 0 Å². The zero-order chi connectivity index (χ0) is 15.0. The molecule has 0 saturated carbocycles. The number of aliphatic hydroxyl groups is 1. The molecule has 2 aromatic rings. The fraction of sp³-hybridized carbons (Fsp3) is 0.333. The summed E-state index contributed by atoms with van der Waals surface area (Å²) in [6, 6.07) is 10.1. The van der Waals surface area contributed by atoms with E-state index in [1.54, 1.807) is 7.11 Å². The molecule has 0 radical (unpaired) electrons. The van der Waals surface area contributed by atoms with Crippen molar-refractivity contribution < 1.29 is 9.84 Å². The maximum absolute atomic E-state index is 10.9. The third-order valence-corrected chi connectivity index (χ3v) is 4.38. The van der Waals surface area contributed by atoms with Crippen LogP contribution in [0.2, 0.25) is 0 Å². The van der Waals surface area contributed by atoms with E-state index in [2.05, 4.69) is 18.3 Å². The van der Waals surface area contributed by atoms with Crippen LogP contribution in [0, 0.1) is 13.8 Å². The number of hydrogen-bond acceptors (Lipinski definition) is 3. The van der Waals surface area contributed by atoms with Gasteiger partial charge in [-0.15, -0.1) is 0 Å². The van der Waals surface area contributed by atoms with Crippen LogP contribution in [-0.4, -0.2) is 18.8 Å². The van der Waals surface area contributed by atoms with Crippen molar-refractivity contribution in [3.8, 4) is 5.75 Å². The fourth-order valence-corrected chi connectivity index (χ4v) is 3.06. The van der Waals surface area contributed by atoms with Gasteiger partial charge in [0.1, 0.15) is 11.9 Å². The van der Waals surface area contributed by atoms with Gasteiger partial charge in [0.25, 0.3) is 0 Å². The van der Waals surface area contributed by atoms with Gasteiger partial charge in [0, 0.05) is 23.4 Å². The molecule has 0 bridgehead atoms. The van der Waals surface area contributed by atoms with E-state index < -0.39 is 6.10 Å². The average Bonchev–Trinajstić information content (AvgIpc) is 2.97. The van der Waals surface area contributed by atoms with Crippen LogP contribution in [0.1, 0.15) is 33.9 Å². The summed E-state index contributed by atoms with van der Waals surface area (Å²) < 4.78 is 5.54. The summed E-state index contributed by atoms with van der Waals surface area (Å²) in [6.45, 7) is 5.01. The summed E-state index contributed by atoms with van der Waals surface area (Å²) in [4.78, 5) is 0. The average molecular weight is 283 g/mol. The van der Waals surface area contributed by atoms with Crippen LogP contribution in [-0.2, 0) is 6.42 Å². The number of hydrogen-bond donors (Lipinski definition) is 2. The van der Waals surface area contributed by atoms with Crippen molar-refractivity contribution in [2.45, 2.75) is 26.4 Å². The summed E-state index contributed by atoms with van der Waals surface area (Å²) in [5.41, 5.74) is 6.34. The molecule has 2 N–H and O–H groups in total. The van der Waals surface area contributed by atoms with Crippen LogP contribution in [0.3, 0.4) is 0 Å². The summed E-state index contributed by atoms with van der Waals surface area (Å²) in [5.74, 6) is 0.776. The number of fused-ring (bicyclic) bond motifs is 1. The molecule has 110 valence electrons. The van der Waals surface area contributed by atoms with Gasteiger partial charge in [-0.2, -0.15) is 0 Å². The molecule has 1 aliphatic heterocycles. The number of nitrogens with one attached hydrogen (secondary N) is 1. The number of anilines is 1. The molecule has 1 heterocycles. The molecular formula is C18H21NO2. The first-order valence-electron chi connectivity index (χ1n) is 7.31. The highest BCUT2D eigenvalue weighted by Crippen LogP contribution is 2.38. The largest absolute Gasteiger partial charge is 0.496 e. The van der Waals surface area contributed by atoms with Crippen LogP contribution < -0.4 is 10.1 Å². The smallest absolute Gasteiger partial charge is 0.128 e. The van der Waals surface area contributed by atoms with E-state index in [0.29, 0.717) is 0 Å². The number of para-hydroxylation sites is 1. The first kappa shape index (κ1) is 14.0. The summed E-state index contributed by atoms with van der Waals surface area (Å²) >= 11 is 0. The fourth-order valence-electron chi connectivity index (χ4n) is 3.06. The number of aryl methyl sites for hydroxylation is 1. The molecule has 1 unspecified atom stereocenters. The Labute approximate surface area is 125 Å². The minimum absolute atomic E-state index is 0.681. The van der Waals surface area contributed by atoms with E-state index in [-0.39, 0.29) is 0 Å². The molecule has 0 aromatic heterocycles. The van der Waals surface area contributed by atoms with Gasteiger partial charge < -0.3 is 15.2 Å². The molecule has 0 spiro atoms. The molecule has 3 heteroatoms. The lowest BCUT2D eigenvalue weighted by Gasteiger charge is -2.20. The van der Waals surface area contributed by atoms with E-state index in [1.807, 2.05) is 31.2 Å². The summed E-state index contributed by atoms with van der Waals surface area (Å²) in [5, 5.41) is 14.2. The van der Waals surface area contributed by atoms with E-state index in [1.165, 1.54) is 11.1 Å². The monoisotopic (exact) mass is 283 g/mol. The highest BCUT2D eigenvalue weighted by atomic mass is 16.5. The number of benzene rings is 2. The van der Waals surface area contributed by atoms with Crippen LogP contribution in [0.5, 0.6) is 5.75 Å². The minimum Gasteiger partial charge on any atom is -0.496 e. The van der Waals surface area contributed by atoms with E-state index in [0.717, 1.165) is 41.1 Å². The Morgan fingerprint density at radius 3 is 2.71 bits per heavy atom. The molecule has 21 heavy (non-hydrogen) atoms. The molecule has 1 aliphatic rings. The Bertz CT molecular complexity index is 679. The second kappa shape index (κ2) is 5.41. The van der Waals surface area contributed by atoms with Gasteiger partial charge in [-0.1, -0.05) is 30.3 Å². The number of ether oxygens (including phenoxy) is 1. The number of methoxy groups -OCH3 is 1. The van der Waals surface area contributed by atoms with E-state index in [9.17, 15) is 5.11 Å². The Morgan fingerprint density at radius 2 is 1.95 bits per heavy atom. The molecule has 3 rings (SSSR count). The maximum Gasteiger partial charge on any atom is 0.128 e. The lowest BCUT2D eigenvalue weighted by atomic mass is 9.94. The lowest BCUT2D eigenvalue weighted by molar-refractivity contribution is 0.215. The van der Waals surface area contributed by atoms with Gasteiger partial charge in [-0.3, -0.25) is 0 Å². The van der Waals surface area contributed by atoms with Crippen molar-refractivity contribution in [3.63, 3.8) is 0 Å². The first-order valence-corrected chi connectivity index (χ1v) is 7.31. The maximum atomic E-state index is 10.9. The Morgan fingerprint density at radius 1 is 1.14 bits per heavy atom. The van der Waals surface area contributed by atoms with Crippen molar-refractivity contribution in [3.05, 3.63) is 58.1 Å². The van der Waals surface area contributed by atoms with Crippen molar-refractivity contribution in [1.29, 1.82) is 0 Å². The zero-order valence-corrected chi connectivity index (χ0v) is 12.7. The standard InChI is InChI=1S/C18H21NO2/c1-11-7-8-15(18(21-3)12(11)2)17(20)14-6-4-5-13-9-10-19-16(13)14/h4-8,17,19-20H,9-10H2,1-3H3. The first-order chi connectivity index (χ1) is 10.1. The van der Waals surface area contributed by atoms with E-state index in [4.69, 9.17) is 4.74 Å². The van der Waals surface area contributed by atoms with Gasteiger partial charge in [0.2, 0.25) is 0 Å². The van der Waals surface area contributed by atoms with Gasteiger partial charge in [-0.05, 0) is 37.0 Å². The van der Waals surface area contributed by atoms with Crippen molar-refractivity contribution in [1.82, 2.24) is 0 Å². The highest BCUT2D eigenvalue weighted by molar-refractivity contribution is 5.64. The molecule has 0 amide bonds. The topological polar surface area (TPSA) is 41.5 Å². The molecule has 3 nitrogen and oxygen atoms in total. The Balaban J connectivity index is 2.10. The molecular weight excluding hydrogens is 262 g/mol. The SMILES string of the molecule is COc1c(C(O)c2cccc3c2NCC3)ccc(C)c1C. The van der Waals surface area contributed by atoms with Gasteiger partial charge >= 0.3 is 0 Å². The summed E-state index contributed by atoms with van der Waals surface area (Å²) in [7, 11) is 1.66. The number of rotatable bonds is 3. The quantitative estimate of drug-likeness (QED) is 0.907. The summed E-state index contributed by atoms with van der Waals surface area (Å²) in [6.07, 6.45) is 0.333. The molecule has 0 aliphatic carbocycles. The second-order valence-electron chi connectivity index (χ2n) is 5.59. The van der Waals surface area contributed by atoms with Crippen LogP contribution in [0.15, 0.2) is 30.3 Å². The lowest BCUT2D eigenvalue weighted by Crippen LogP contribution is -2.07. The molecule has 2 aromatic carbocycles. The highest BCUT2D eigenvalue weighted by Gasteiger charge is 2.23. The Hall–Kier alpha value is -2.00. The van der Waals surface area contributed by atoms with Crippen LogP contribution in [0.25, 0.3) is 0 Å². The minimum atomic E-state index is -0.681. The predicted octanol–water partition coefficient (Wildman–Crippen LogP) is 3.36. The van der Waals surface area contributed by atoms with Crippen LogP contribution in [0.4, 0.5) is 5.69 Å². The van der Waals surface area contributed by atoms with Crippen molar-refractivity contribution >= 4 is 5.69 Å². The molecule has 0 saturated heterocycles. The van der Waals surface area contributed by atoms with Gasteiger partial charge in [0.05, 0.1) is 7.11 Å². The normalized spacial score (nSPS) is 14.5. The van der Waals surface area contributed by atoms with Gasteiger partial charge in [0.15, 0.2) is 0 Å². The zero-order valence-electron chi connectivity index (χ0n) is 12.7. The third kappa shape index (κ3) is 2.28. The molecule has 0 fully saturated rings. The van der Waals surface area contributed by atoms with Crippen molar-refractivity contribution in [2.75, 3.05) is 19.0 Å². The van der Waals surface area contributed by atoms with Gasteiger partial charge in [-0.25, -0.2) is 0 Å². The second-order valence-corrected chi connectivity index (χ2v) is 5.59. The van der Waals surface area contributed by atoms with Crippen molar-refractivity contribution in [2.24, 2.45) is 0 Å². The molecule has 1 atom stereocenters. The van der Waals surface area contributed by atoms with Crippen LogP contribution >= 0.6 is 0 Å². The third-order valence-electron chi connectivity index (χ3n) is 4.38. The number of aliphatic hydroxyl groups excluding tert-OH is 1. The Kier molecular flexibility index (Phi) is 3.60. The predicted molar refractivity (Wildman–Crippen MR) is 85.2 cm³/mol.